The van der Waals surface area contributed by atoms with Crippen LogP contribution in [0.25, 0.3) is 0 Å². The number of morpholine rings is 1. The highest BCUT2D eigenvalue weighted by Crippen LogP contribution is 2.24. The first-order valence-electron chi connectivity index (χ1n) is 7.61. The summed E-state index contributed by atoms with van der Waals surface area (Å²) >= 11 is 6.14. The molecule has 0 unspecified atom stereocenters. The highest BCUT2D eigenvalue weighted by Gasteiger charge is 2.16. The number of nitrogens with one attached hydrogen (secondary N) is 1. The smallest absolute Gasteiger partial charge is 0.252 e. The Bertz CT molecular complexity index is 690. The molecule has 134 valence electrons. The number of rotatable bonds is 6. The minimum atomic E-state index is -3.37. The van der Waals surface area contributed by atoms with Crippen LogP contribution in [0.3, 0.4) is 0 Å². The van der Waals surface area contributed by atoms with E-state index in [-0.39, 0.29) is 10.9 Å². The third-order valence-electron chi connectivity index (χ3n) is 3.88. The number of carbonyl (C=O) groups excluding carboxylic acids is 1. The van der Waals surface area contributed by atoms with E-state index in [1.165, 1.54) is 19.2 Å². The molecule has 0 saturated carbocycles. The summed E-state index contributed by atoms with van der Waals surface area (Å²) in [6, 6.07) is 4.56. The lowest BCUT2D eigenvalue weighted by molar-refractivity contribution is 0.0383. The van der Waals surface area contributed by atoms with Crippen molar-refractivity contribution in [3.05, 3.63) is 28.8 Å². The highest BCUT2D eigenvalue weighted by molar-refractivity contribution is 7.92. The van der Waals surface area contributed by atoms with E-state index in [1.54, 1.807) is 6.07 Å². The molecule has 1 amide bonds. The van der Waals surface area contributed by atoms with Crippen LogP contribution in [0.1, 0.15) is 10.4 Å². The summed E-state index contributed by atoms with van der Waals surface area (Å²) in [4.78, 5) is 14.4. The van der Waals surface area contributed by atoms with Gasteiger partial charge in [-0.1, -0.05) is 11.6 Å². The Hall–Kier alpha value is -1.35. The van der Waals surface area contributed by atoms with Gasteiger partial charge in [0.05, 0.1) is 35.7 Å². The Morgan fingerprint density at radius 2 is 2.04 bits per heavy atom. The largest absolute Gasteiger partial charge is 0.379 e. The molecule has 1 fully saturated rings. The third kappa shape index (κ3) is 5.07. The predicted molar refractivity (Wildman–Crippen MR) is 94.3 cm³/mol. The molecule has 2 rings (SSSR count). The molecular weight excluding hydrogens is 354 g/mol. The maximum atomic E-state index is 12.2. The summed E-state index contributed by atoms with van der Waals surface area (Å²) in [5, 5.41) is 3.04. The van der Waals surface area contributed by atoms with Crippen molar-refractivity contribution in [1.29, 1.82) is 0 Å². The summed E-state index contributed by atoms with van der Waals surface area (Å²) in [5.74, 6) is -0.276. The van der Waals surface area contributed by atoms with Crippen LogP contribution >= 0.6 is 11.6 Å². The molecule has 1 saturated heterocycles. The Kier molecular flexibility index (Phi) is 6.45. The van der Waals surface area contributed by atoms with E-state index in [0.29, 0.717) is 17.8 Å². The molecule has 9 heteroatoms. The molecule has 0 spiro atoms. The van der Waals surface area contributed by atoms with E-state index in [4.69, 9.17) is 16.3 Å². The second-order valence-corrected chi connectivity index (χ2v) is 8.03. The summed E-state index contributed by atoms with van der Waals surface area (Å²) in [7, 11) is -1.94. The van der Waals surface area contributed by atoms with Crippen molar-refractivity contribution in [2.45, 2.75) is 0 Å². The quantitative estimate of drug-likeness (QED) is 0.795. The predicted octanol–water partition coefficient (Wildman–Crippen LogP) is 0.798. The number of halogens is 1. The number of anilines is 1. The topological polar surface area (TPSA) is 79.0 Å². The van der Waals surface area contributed by atoms with Crippen molar-refractivity contribution in [3.63, 3.8) is 0 Å². The van der Waals surface area contributed by atoms with Crippen molar-refractivity contribution in [2.24, 2.45) is 0 Å². The Morgan fingerprint density at radius 1 is 1.38 bits per heavy atom. The zero-order valence-corrected chi connectivity index (χ0v) is 15.4. The third-order valence-corrected chi connectivity index (χ3v) is 5.39. The van der Waals surface area contributed by atoms with Crippen LogP contribution in [0.5, 0.6) is 0 Å². The second kappa shape index (κ2) is 8.15. The Labute approximate surface area is 147 Å². The van der Waals surface area contributed by atoms with E-state index in [1.807, 2.05) is 0 Å². The zero-order valence-electron chi connectivity index (χ0n) is 13.8. The van der Waals surface area contributed by atoms with Gasteiger partial charge in [0.1, 0.15) is 0 Å². The van der Waals surface area contributed by atoms with Crippen molar-refractivity contribution in [3.8, 4) is 0 Å². The fourth-order valence-corrected chi connectivity index (χ4v) is 3.08. The monoisotopic (exact) mass is 375 g/mol. The van der Waals surface area contributed by atoms with Gasteiger partial charge in [-0.25, -0.2) is 8.42 Å². The summed E-state index contributed by atoms with van der Waals surface area (Å²) in [6.07, 6.45) is 1.10. The number of sulfonamides is 1. The van der Waals surface area contributed by atoms with Gasteiger partial charge in [0.2, 0.25) is 10.0 Å². The van der Waals surface area contributed by atoms with Crippen molar-refractivity contribution in [1.82, 2.24) is 10.2 Å². The van der Waals surface area contributed by atoms with Gasteiger partial charge < -0.3 is 10.1 Å². The first-order chi connectivity index (χ1) is 11.3. The molecule has 1 aliphatic heterocycles. The molecule has 7 nitrogen and oxygen atoms in total. The number of hydrogen-bond donors (Lipinski definition) is 1. The summed E-state index contributed by atoms with van der Waals surface area (Å²) < 4.78 is 29.5. The van der Waals surface area contributed by atoms with Gasteiger partial charge >= 0.3 is 0 Å². The lowest BCUT2D eigenvalue weighted by atomic mass is 10.2. The first kappa shape index (κ1) is 19.0. The van der Waals surface area contributed by atoms with Crippen molar-refractivity contribution >= 4 is 33.2 Å². The van der Waals surface area contributed by atoms with Gasteiger partial charge in [-0.2, -0.15) is 0 Å². The van der Waals surface area contributed by atoms with Crippen LogP contribution in [0, 0.1) is 0 Å². The van der Waals surface area contributed by atoms with Gasteiger partial charge in [0.25, 0.3) is 5.91 Å². The van der Waals surface area contributed by atoms with Crippen molar-refractivity contribution < 1.29 is 17.9 Å². The normalized spacial score (nSPS) is 16.0. The number of ether oxygens (including phenoxy) is 1. The molecule has 1 N–H and O–H groups in total. The molecule has 0 aliphatic carbocycles. The number of benzene rings is 1. The number of amides is 1. The Morgan fingerprint density at radius 3 is 2.62 bits per heavy atom. The number of nitrogens with zero attached hydrogens (tertiary/aromatic N) is 2. The molecule has 1 aromatic carbocycles. The van der Waals surface area contributed by atoms with Gasteiger partial charge in [0, 0.05) is 33.2 Å². The lowest BCUT2D eigenvalue weighted by Crippen LogP contribution is -2.41. The lowest BCUT2D eigenvalue weighted by Gasteiger charge is -2.26. The fraction of sp³-hybridized carbons (Fsp3) is 0.533. The van der Waals surface area contributed by atoms with Crippen molar-refractivity contribution in [2.75, 3.05) is 57.0 Å². The standard InChI is InChI=1S/C15H22ClN3O4S/c1-18(24(2,21)22)12-3-4-13(14(16)11-12)15(20)17-5-6-19-7-9-23-10-8-19/h3-4,11H,5-10H2,1-2H3,(H,17,20). The molecule has 0 aromatic heterocycles. The van der Waals surface area contributed by atoms with E-state index >= 15 is 0 Å². The minimum absolute atomic E-state index is 0.215. The maximum Gasteiger partial charge on any atom is 0.252 e. The summed E-state index contributed by atoms with van der Waals surface area (Å²) in [5.41, 5.74) is 0.733. The van der Waals surface area contributed by atoms with Gasteiger partial charge in [0.15, 0.2) is 0 Å². The van der Waals surface area contributed by atoms with Crippen LogP contribution in [-0.4, -0.2) is 71.9 Å². The van der Waals surface area contributed by atoms with Gasteiger partial charge in [-0.15, -0.1) is 0 Å². The molecule has 1 aromatic rings. The molecule has 1 aliphatic rings. The Balaban J connectivity index is 1.94. The van der Waals surface area contributed by atoms with E-state index in [2.05, 4.69) is 10.2 Å². The van der Waals surface area contributed by atoms with Crippen LogP contribution in [0.15, 0.2) is 18.2 Å². The SMILES string of the molecule is CN(c1ccc(C(=O)NCCN2CCOCC2)c(Cl)c1)S(C)(=O)=O. The average Bonchev–Trinajstić information content (AvgIpc) is 2.54. The second-order valence-electron chi connectivity index (χ2n) is 5.60. The molecule has 0 radical (unpaired) electrons. The van der Waals surface area contributed by atoms with E-state index in [9.17, 15) is 13.2 Å². The first-order valence-corrected chi connectivity index (χ1v) is 9.83. The van der Waals surface area contributed by atoms with E-state index in [0.717, 1.165) is 43.4 Å². The fourth-order valence-electron chi connectivity index (χ4n) is 2.32. The molecule has 0 atom stereocenters. The highest BCUT2D eigenvalue weighted by atomic mass is 35.5. The molecular formula is C15H22ClN3O4S. The minimum Gasteiger partial charge on any atom is -0.379 e. The molecule has 24 heavy (non-hydrogen) atoms. The van der Waals surface area contributed by atoms with Gasteiger partial charge in [-0.3, -0.25) is 14.0 Å². The average molecular weight is 376 g/mol. The van der Waals surface area contributed by atoms with Crippen LogP contribution in [0.2, 0.25) is 5.02 Å². The molecule has 0 bridgehead atoms. The zero-order chi connectivity index (χ0) is 17.7. The van der Waals surface area contributed by atoms with Gasteiger partial charge in [-0.05, 0) is 18.2 Å². The summed E-state index contributed by atoms with van der Waals surface area (Å²) in [6.45, 7) is 4.43. The number of carbonyl (C=O) groups is 1. The molecule has 1 heterocycles. The van der Waals surface area contributed by atoms with E-state index < -0.39 is 10.0 Å². The van der Waals surface area contributed by atoms with Crippen LogP contribution in [0.4, 0.5) is 5.69 Å². The maximum absolute atomic E-state index is 12.2. The van der Waals surface area contributed by atoms with Crippen LogP contribution in [-0.2, 0) is 14.8 Å². The number of hydrogen-bond acceptors (Lipinski definition) is 5. The van der Waals surface area contributed by atoms with Crippen LogP contribution < -0.4 is 9.62 Å².